The van der Waals surface area contributed by atoms with E-state index in [4.69, 9.17) is 16.3 Å². The van der Waals surface area contributed by atoms with Crippen LogP contribution in [0.5, 0.6) is 5.75 Å². The van der Waals surface area contributed by atoms with Gasteiger partial charge in [0.25, 0.3) is 0 Å². The van der Waals surface area contributed by atoms with Crippen LogP contribution in [-0.2, 0) is 6.42 Å². The molecule has 3 heteroatoms. The molecule has 1 aliphatic rings. The van der Waals surface area contributed by atoms with Gasteiger partial charge in [0.1, 0.15) is 5.75 Å². The van der Waals surface area contributed by atoms with E-state index in [-0.39, 0.29) is 0 Å². The Bertz CT molecular complexity index is 596. The molecular weight excluding hydrogens is 282 g/mol. The maximum atomic E-state index is 5.97. The maximum absolute atomic E-state index is 5.97. The lowest BCUT2D eigenvalue weighted by Gasteiger charge is -2.32. The number of para-hydroxylation sites is 1. The number of rotatable bonds is 4. The summed E-state index contributed by atoms with van der Waals surface area (Å²) in [6, 6.07) is 16.9. The third-order valence-corrected chi connectivity index (χ3v) is 4.48. The Hall–Kier alpha value is -1.51. The first-order valence-corrected chi connectivity index (χ1v) is 7.79. The van der Waals surface area contributed by atoms with Gasteiger partial charge in [-0.2, -0.15) is 0 Å². The Labute approximate surface area is 131 Å². The number of benzene rings is 2. The number of halogens is 1. The first-order chi connectivity index (χ1) is 10.3. The van der Waals surface area contributed by atoms with Crippen molar-refractivity contribution in [1.29, 1.82) is 0 Å². The van der Waals surface area contributed by atoms with Gasteiger partial charge in [-0.25, -0.2) is 0 Å². The zero-order chi connectivity index (χ0) is 14.7. The zero-order valence-electron chi connectivity index (χ0n) is 12.2. The van der Waals surface area contributed by atoms with E-state index in [0.717, 1.165) is 30.2 Å². The lowest BCUT2D eigenvalue weighted by atomic mass is 9.84. The molecule has 2 unspecified atom stereocenters. The molecule has 0 fully saturated rings. The Morgan fingerprint density at radius 2 is 1.95 bits per heavy atom. The number of hydrogen-bond acceptors (Lipinski definition) is 2. The molecule has 0 saturated heterocycles. The molecule has 0 saturated carbocycles. The van der Waals surface area contributed by atoms with Crippen LogP contribution in [0.2, 0.25) is 5.02 Å². The molecule has 2 aromatic rings. The molecular formula is C18H20ClNO. The van der Waals surface area contributed by atoms with Crippen LogP contribution in [-0.4, -0.2) is 19.7 Å². The molecule has 0 bridgehead atoms. The zero-order valence-corrected chi connectivity index (χ0v) is 12.9. The predicted molar refractivity (Wildman–Crippen MR) is 87.3 cm³/mol. The molecule has 2 aromatic carbocycles. The highest BCUT2D eigenvalue weighted by atomic mass is 35.5. The van der Waals surface area contributed by atoms with Gasteiger partial charge < -0.3 is 10.1 Å². The van der Waals surface area contributed by atoms with Crippen molar-refractivity contribution in [2.45, 2.75) is 24.8 Å². The second-order valence-electron chi connectivity index (χ2n) is 5.51. The average molecular weight is 302 g/mol. The lowest BCUT2D eigenvalue weighted by Crippen LogP contribution is -2.36. The summed E-state index contributed by atoms with van der Waals surface area (Å²) in [5, 5.41) is 4.28. The van der Waals surface area contributed by atoms with Crippen molar-refractivity contribution in [3.8, 4) is 5.75 Å². The fourth-order valence-electron chi connectivity index (χ4n) is 3.11. The van der Waals surface area contributed by atoms with Gasteiger partial charge in [0.05, 0.1) is 6.61 Å². The van der Waals surface area contributed by atoms with Gasteiger partial charge in [-0.3, -0.25) is 0 Å². The normalized spacial score (nSPS) is 18.7. The quantitative estimate of drug-likeness (QED) is 0.920. The minimum absolute atomic E-state index is 0.399. The fraction of sp³-hybridized carbons (Fsp3) is 0.333. The van der Waals surface area contributed by atoms with E-state index in [1.54, 1.807) is 0 Å². The Balaban J connectivity index is 1.82. The summed E-state index contributed by atoms with van der Waals surface area (Å²) in [4.78, 5) is 0. The number of hydrogen-bond donors (Lipinski definition) is 1. The summed E-state index contributed by atoms with van der Waals surface area (Å²) in [7, 11) is 2.04. The van der Waals surface area contributed by atoms with E-state index in [9.17, 15) is 0 Å². The summed E-state index contributed by atoms with van der Waals surface area (Å²) < 4.78 is 5.77. The van der Waals surface area contributed by atoms with Crippen molar-refractivity contribution >= 4 is 11.6 Å². The molecule has 21 heavy (non-hydrogen) atoms. The standard InChI is InChI=1S/C18H20ClNO/c1-20-17(12-13-6-8-14(19)9-7-13)15-10-11-21-18-5-3-2-4-16(15)18/h2-9,15,17,20H,10-12H2,1H3. The molecule has 0 aliphatic carbocycles. The second-order valence-corrected chi connectivity index (χ2v) is 5.94. The van der Waals surface area contributed by atoms with Crippen molar-refractivity contribution in [1.82, 2.24) is 5.32 Å². The monoisotopic (exact) mass is 301 g/mol. The number of ether oxygens (including phenoxy) is 1. The second kappa shape index (κ2) is 6.50. The molecule has 2 atom stereocenters. The highest BCUT2D eigenvalue weighted by Gasteiger charge is 2.27. The Morgan fingerprint density at radius 3 is 2.71 bits per heavy atom. The molecule has 3 rings (SSSR count). The van der Waals surface area contributed by atoms with Crippen molar-refractivity contribution < 1.29 is 4.74 Å². The molecule has 1 N–H and O–H groups in total. The van der Waals surface area contributed by atoms with Crippen LogP contribution in [0.1, 0.15) is 23.5 Å². The first-order valence-electron chi connectivity index (χ1n) is 7.41. The minimum atomic E-state index is 0.399. The van der Waals surface area contributed by atoms with Gasteiger partial charge in [-0.05, 0) is 49.2 Å². The van der Waals surface area contributed by atoms with E-state index in [2.05, 4.69) is 35.6 Å². The van der Waals surface area contributed by atoms with E-state index < -0.39 is 0 Å². The van der Waals surface area contributed by atoms with Crippen molar-refractivity contribution in [3.05, 3.63) is 64.7 Å². The van der Waals surface area contributed by atoms with Crippen LogP contribution in [0.25, 0.3) is 0 Å². The average Bonchev–Trinajstić information content (AvgIpc) is 2.54. The van der Waals surface area contributed by atoms with Crippen LogP contribution in [0.15, 0.2) is 48.5 Å². The van der Waals surface area contributed by atoms with Crippen LogP contribution in [0, 0.1) is 0 Å². The van der Waals surface area contributed by atoms with Gasteiger partial charge in [0, 0.05) is 17.0 Å². The summed E-state index contributed by atoms with van der Waals surface area (Å²) in [6.45, 7) is 0.792. The van der Waals surface area contributed by atoms with Gasteiger partial charge in [-0.15, -0.1) is 0 Å². The summed E-state index contributed by atoms with van der Waals surface area (Å²) in [5.74, 6) is 1.51. The first kappa shape index (κ1) is 14.4. The van der Waals surface area contributed by atoms with Gasteiger partial charge in [0.2, 0.25) is 0 Å². The number of fused-ring (bicyclic) bond motifs is 1. The molecule has 1 aliphatic heterocycles. The lowest BCUT2D eigenvalue weighted by molar-refractivity contribution is 0.247. The topological polar surface area (TPSA) is 21.3 Å². The van der Waals surface area contributed by atoms with E-state index >= 15 is 0 Å². The molecule has 1 heterocycles. The molecule has 110 valence electrons. The van der Waals surface area contributed by atoms with Crippen molar-refractivity contribution in [2.24, 2.45) is 0 Å². The SMILES string of the molecule is CNC(Cc1ccc(Cl)cc1)C1CCOc2ccccc21. The maximum Gasteiger partial charge on any atom is 0.122 e. The van der Waals surface area contributed by atoms with Gasteiger partial charge in [-0.1, -0.05) is 41.9 Å². The van der Waals surface area contributed by atoms with Gasteiger partial charge in [0.15, 0.2) is 0 Å². The highest BCUT2D eigenvalue weighted by Crippen LogP contribution is 2.36. The summed E-state index contributed by atoms with van der Waals surface area (Å²) in [5.41, 5.74) is 2.62. The minimum Gasteiger partial charge on any atom is -0.493 e. The van der Waals surface area contributed by atoms with E-state index in [0.29, 0.717) is 12.0 Å². The fourth-order valence-corrected chi connectivity index (χ4v) is 3.23. The smallest absolute Gasteiger partial charge is 0.122 e. The molecule has 0 aromatic heterocycles. The van der Waals surface area contributed by atoms with Gasteiger partial charge >= 0.3 is 0 Å². The molecule has 2 nitrogen and oxygen atoms in total. The highest BCUT2D eigenvalue weighted by molar-refractivity contribution is 6.30. The largest absolute Gasteiger partial charge is 0.493 e. The predicted octanol–water partition coefficient (Wildman–Crippen LogP) is 4.04. The molecule has 0 spiro atoms. The van der Waals surface area contributed by atoms with Crippen molar-refractivity contribution in [3.63, 3.8) is 0 Å². The van der Waals surface area contributed by atoms with Crippen LogP contribution >= 0.6 is 11.6 Å². The molecule has 0 radical (unpaired) electrons. The number of nitrogens with one attached hydrogen (secondary N) is 1. The van der Waals surface area contributed by atoms with Crippen molar-refractivity contribution in [2.75, 3.05) is 13.7 Å². The summed E-state index contributed by atoms with van der Waals surface area (Å²) in [6.07, 6.45) is 2.04. The number of likely N-dealkylation sites (N-methyl/N-ethyl adjacent to an activating group) is 1. The molecule has 0 amide bonds. The third-order valence-electron chi connectivity index (χ3n) is 4.23. The van der Waals surface area contributed by atoms with Crippen LogP contribution < -0.4 is 10.1 Å². The third kappa shape index (κ3) is 3.22. The van der Waals surface area contributed by atoms with E-state index in [1.165, 1.54) is 11.1 Å². The van der Waals surface area contributed by atoms with Crippen LogP contribution in [0.4, 0.5) is 0 Å². The Morgan fingerprint density at radius 1 is 1.19 bits per heavy atom. The van der Waals surface area contributed by atoms with Crippen LogP contribution in [0.3, 0.4) is 0 Å². The Kier molecular flexibility index (Phi) is 4.47. The van der Waals surface area contributed by atoms with E-state index in [1.807, 2.05) is 25.2 Å². The summed E-state index contributed by atoms with van der Waals surface area (Å²) >= 11 is 5.97.